The summed E-state index contributed by atoms with van der Waals surface area (Å²) in [6, 6.07) is 30.0. The number of nitrogens with zero attached hydrogens (tertiary/aromatic N) is 3. The topological polar surface area (TPSA) is 69.0 Å². The number of hydrogen-bond donors (Lipinski definition) is 1. The normalized spacial score (nSPS) is 12.8. The van der Waals surface area contributed by atoms with Crippen molar-refractivity contribution in [1.82, 2.24) is 14.8 Å². The van der Waals surface area contributed by atoms with Crippen LogP contribution in [0.3, 0.4) is 0 Å². The lowest BCUT2D eigenvalue weighted by Gasteiger charge is -2.23. The van der Waals surface area contributed by atoms with Gasteiger partial charge in [0.05, 0.1) is 24.6 Å². The van der Waals surface area contributed by atoms with Crippen LogP contribution in [-0.2, 0) is 6.42 Å². The number of anilines is 1. The number of carbonyl (C=O) groups is 1. The zero-order chi connectivity index (χ0) is 26.1. The van der Waals surface area contributed by atoms with Gasteiger partial charge in [-0.05, 0) is 35.4 Å². The molecule has 0 fully saturated rings. The lowest BCUT2D eigenvalue weighted by atomic mass is 9.92. The van der Waals surface area contributed by atoms with Crippen molar-refractivity contribution in [3.8, 4) is 28.1 Å². The first-order valence-corrected chi connectivity index (χ1v) is 12.2. The Labute approximate surface area is 219 Å². The van der Waals surface area contributed by atoms with Crippen LogP contribution in [0.5, 0.6) is 5.75 Å². The fourth-order valence-electron chi connectivity index (χ4n) is 4.75. The standard InChI is InChI=1S/C31H23FN4O2/c1-38-24-15-12-21(13-16-24)28-25(34-27-17-14-23(32)19-33-27)18-26-29(20-8-4-2-5-9-20)30(35-36(26)31(28)37)22-10-6-3-7-11-22/h2-17,19H,18H2,1H3,(H,33,34). The van der Waals surface area contributed by atoms with Gasteiger partial charge in [0.1, 0.15) is 23.1 Å². The smallest absolute Gasteiger partial charge is 0.280 e. The molecule has 0 bridgehead atoms. The Morgan fingerprint density at radius 2 is 1.53 bits per heavy atom. The molecule has 1 aliphatic heterocycles. The molecule has 7 heteroatoms. The number of rotatable bonds is 6. The van der Waals surface area contributed by atoms with Gasteiger partial charge in [-0.1, -0.05) is 72.8 Å². The second-order valence-electron chi connectivity index (χ2n) is 8.86. The zero-order valence-corrected chi connectivity index (χ0v) is 20.6. The Bertz CT molecular complexity index is 1640. The number of fused-ring (bicyclic) bond motifs is 1. The molecule has 0 spiro atoms. The third-order valence-corrected chi connectivity index (χ3v) is 6.53. The molecule has 0 atom stereocenters. The van der Waals surface area contributed by atoms with Crippen LogP contribution in [0.15, 0.2) is 109 Å². The van der Waals surface area contributed by atoms with E-state index in [2.05, 4.69) is 10.3 Å². The summed E-state index contributed by atoms with van der Waals surface area (Å²) >= 11 is 0. The van der Waals surface area contributed by atoms with Crippen LogP contribution in [0.1, 0.15) is 16.1 Å². The molecule has 6 rings (SSSR count). The van der Waals surface area contributed by atoms with Crippen molar-refractivity contribution in [1.29, 1.82) is 0 Å². The van der Waals surface area contributed by atoms with Gasteiger partial charge in [0.25, 0.3) is 5.91 Å². The van der Waals surface area contributed by atoms with E-state index < -0.39 is 5.82 Å². The summed E-state index contributed by atoms with van der Waals surface area (Å²) in [5, 5.41) is 8.15. The highest BCUT2D eigenvalue weighted by Crippen LogP contribution is 2.40. The summed E-state index contributed by atoms with van der Waals surface area (Å²) in [5.41, 5.74) is 6.11. The van der Waals surface area contributed by atoms with Crippen molar-refractivity contribution >= 4 is 17.3 Å². The van der Waals surface area contributed by atoms with E-state index >= 15 is 0 Å². The first-order valence-electron chi connectivity index (χ1n) is 12.2. The van der Waals surface area contributed by atoms with Crippen molar-refractivity contribution < 1.29 is 13.9 Å². The monoisotopic (exact) mass is 502 g/mol. The van der Waals surface area contributed by atoms with E-state index in [9.17, 15) is 9.18 Å². The number of carbonyl (C=O) groups excluding carboxylic acids is 1. The van der Waals surface area contributed by atoms with Crippen LogP contribution in [0.25, 0.3) is 28.0 Å². The van der Waals surface area contributed by atoms with Crippen molar-refractivity contribution in [3.63, 3.8) is 0 Å². The molecule has 0 amide bonds. The Balaban J connectivity index is 1.55. The number of methoxy groups -OCH3 is 1. The van der Waals surface area contributed by atoms with Gasteiger partial charge < -0.3 is 10.1 Å². The maximum absolute atomic E-state index is 14.1. The predicted octanol–water partition coefficient (Wildman–Crippen LogP) is 6.48. The van der Waals surface area contributed by atoms with E-state index in [1.54, 1.807) is 13.2 Å². The molecule has 0 radical (unpaired) electrons. The second kappa shape index (κ2) is 9.78. The zero-order valence-electron chi connectivity index (χ0n) is 20.6. The first-order chi connectivity index (χ1) is 18.6. The quantitative estimate of drug-likeness (QED) is 0.288. The SMILES string of the molecule is COc1ccc(C2=C(Nc3ccc(F)cn3)Cc3c(-c4ccccc4)c(-c4ccccc4)nn3C2=O)cc1. The third-order valence-electron chi connectivity index (χ3n) is 6.53. The highest BCUT2D eigenvalue weighted by Gasteiger charge is 2.33. The van der Waals surface area contributed by atoms with E-state index in [-0.39, 0.29) is 5.91 Å². The van der Waals surface area contributed by atoms with E-state index in [0.717, 1.165) is 34.3 Å². The summed E-state index contributed by atoms with van der Waals surface area (Å²) in [7, 11) is 1.60. The summed E-state index contributed by atoms with van der Waals surface area (Å²) < 4.78 is 20.4. The number of aromatic nitrogens is 3. The molecular weight excluding hydrogens is 479 g/mol. The molecular formula is C31H23FN4O2. The Kier molecular flexibility index (Phi) is 6.01. The van der Waals surface area contributed by atoms with Gasteiger partial charge in [-0.15, -0.1) is 0 Å². The van der Waals surface area contributed by atoms with Gasteiger partial charge in [0.15, 0.2) is 0 Å². The molecule has 38 heavy (non-hydrogen) atoms. The molecule has 0 saturated heterocycles. The van der Waals surface area contributed by atoms with Gasteiger partial charge in [-0.2, -0.15) is 9.78 Å². The van der Waals surface area contributed by atoms with E-state index in [4.69, 9.17) is 9.84 Å². The van der Waals surface area contributed by atoms with E-state index in [1.807, 2.05) is 84.9 Å². The largest absolute Gasteiger partial charge is 0.497 e. The lowest BCUT2D eigenvalue weighted by Crippen LogP contribution is -2.26. The molecule has 3 heterocycles. The first kappa shape index (κ1) is 23.4. The molecule has 186 valence electrons. The number of nitrogens with one attached hydrogen (secondary N) is 1. The summed E-state index contributed by atoms with van der Waals surface area (Å²) in [6.45, 7) is 0. The highest BCUT2D eigenvalue weighted by atomic mass is 19.1. The molecule has 2 aromatic heterocycles. The summed E-state index contributed by atoms with van der Waals surface area (Å²) in [6.07, 6.45) is 1.53. The lowest BCUT2D eigenvalue weighted by molar-refractivity contribution is 0.0958. The fraction of sp³-hybridized carbons (Fsp3) is 0.0645. The Hall–Kier alpha value is -5.04. The minimum Gasteiger partial charge on any atom is -0.497 e. The van der Waals surface area contributed by atoms with Gasteiger partial charge in [-0.3, -0.25) is 4.79 Å². The number of pyridine rings is 1. The van der Waals surface area contributed by atoms with Crippen LogP contribution < -0.4 is 10.1 Å². The van der Waals surface area contributed by atoms with Gasteiger partial charge in [-0.25, -0.2) is 9.37 Å². The minimum atomic E-state index is -0.434. The maximum Gasteiger partial charge on any atom is 0.280 e. The summed E-state index contributed by atoms with van der Waals surface area (Å²) in [4.78, 5) is 18.3. The van der Waals surface area contributed by atoms with Crippen molar-refractivity contribution in [2.24, 2.45) is 0 Å². The Morgan fingerprint density at radius 1 is 0.842 bits per heavy atom. The molecule has 0 aliphatic carbocycles. The van der Waals surface area contributed by atoms with Crippen molar-refractivity contribution in [2.45, 2.75) is 6.42 Å². The second-order valence-corrected chi connectivity index (χ2v) is 8.86. The molecule has 1 N–H and O–H groups in total. The van der Waals surface area contributed by atoms with Crippen molar-refractivity contribution in [2.75, 3.05) is 12.4 Å². The van der Waals surface area contributed by atoms with Crippen LogP contribution in [0.4, 0.5) is 10.2 Å². The number of benzene rings is 3. The molecule has 0 unspecified atom stereocenters. The molecule has 5 aromatic rings. The maximum atomic E-state index is 14.1. The Morgan fingerprint density at radius 3 is 2.16 bits per heavy atom. The van der Waals surface area contributed by atoms with E-state index in [0.29, 0.717) is 34.8 Å². The molecule has 0 saturated carbocycles. The van der Waals surface area contributed by atoms with Crippen LogP contribution in [-0.4, -0.2) is 27.8 Å². The molecule has 1 aliphatic rings. The molecule has 6 nitrogen and oxygen atoms in total. The predicted molar refractivity (Wildman–Crippen MR) is 145 cm³/mol. The number of hydrogen-bond acceptors (Lipinski definition) is 5. The van der Waals surface area contributed by atoms with Crippen molar-refractivity contribution in [3.05, 3.63) is 126 Å². The molecule has 3 aromatic carbocycles. The average molecular weight is 503 g/mol. The average Bonchev–Trinajstić information content (AvgIpc) is 3.35. The highest BCUT2D eigenvalue weighted by molar-refractivity contribution is 6.23. The summed E-state index contributed by atoms with van der Waals surface area (Å²) in [5.74, 6) is 0.430. The van der Waals surface area contributed by atoms with Gasteiger partial charge >= 0.3 is 0 Å². The number of ether oxygens (including phenoxy) is 1. The van der Waals surface area contributed by atoms with Gasteiger partial charge in [0.2, 0.25) is 0 Å². The minimum absolute atomic E-state index is 0.264. The van der Waals surface area contributed by atoms with Gasteiger partial charge in [0, 0.05) is 23.2 Å². The fourth-order valence-corrected chi connectivity index (χ4v) is 4.75. The van der Waals surface area contributed by atoms with Crippen LogP contribution >= 0.6 is 0 Å². The number of halogens is 1. The van der Waals surface area contributed by atoms with Crippen LogP contribution in [0, 0.1) is 5.82 Å². The third kappa shape index (κ3) is 4.24. The van der Waals surface area contributed by atoms with Crippen LogP contribution in [0.2, 0.25) is 0 Å². The van der Waals surface area contributed by atoms with E-state index in [1.165, 1.54) is 10.7 Å². The number of allylic oxidation sites excluding steroid dienone is 2.